The van der Waals surface area contributed by atoms with Gasteiger partial charge in [0, 0.05) is 11.1 Å². The lowest BCUT2D eigenvalue weighted by atomic mass is 9.97. The Morgan fingerprint density at radius 1 is 1.29 bits per heavy atom. The summed E-state index contributed by atoms with van der Waals surface area (Å²) in [6.07, 6.45) is 1.24. The van der Waals surface area contributed by atoms with Crippen molar-refractivity contribution in [2.75, 3.05) is 0 Å². The minimum absolute atomic E-state index is 0.125. The molecule has 0 fully saturated rings. The standard InChI is InChI=1S/C11H16O3/c1-5-6-9(8(4)11(13)14)10(12)7(2)3/h2,5-6H2,1,3-4H3,(H,13,14). The highest BCUT2D eigenvalue weighted by molar-refractivity contribution is 6.11. The Labute approximate surface area is 84.1 Å². The maximum absolute atomic E-state index is 11.6. The quantitative estimate of drug-likeness (QED) is 0.686. The van der Waals surface area contributed by atoms with Gasteiger partial charge in [0.15, 0.2) is 5.78 Å². The van der Waals surface area contributed by atoms with Crippen molar-refractivity contribution >= 4 is 11.8 Å². The van der Waals surface area contributed by atoms with Crippen molar-refractivity contribution < 1.29 is 14.7 Å². The highest BCUT2D eigenvalue weighted by Gasteiger charge is 2.16. The molecule has 0 radical (unpaired) electrons. The first-order chi connectivity index (χ1) is 6.41. The van der Waals surface area contributed by atoms with Gasteiger partial charge < -0.3 is 5.11 Å². The van der Waals surface area contributed by atoms with E-state index in [2.05, 4.69) is 6.58 Å². The second-order valence-electron chi connectivity index (χ2n) is 3.27. The molecule has 0 spiro atoms. The van der Waals surface area contributed by atoms with E-state index in [9.17, 15) is 9.59 Å². The molecule has 0 aromatic rings. The summed E-state index contributed by atoms with van der Waals surface area (Å²) >= 11 is 0. The van der Waals surface area contributed by atoms with Gasteiger partial charge in [-0.2, -0.15) is 0 Å². The highest BCUT2D eigenvalue weighted by atomic mass is 16.4. The van der Waals surface area contributed by atoms with Gasteiger partial charge in [-0.25, -0.2) is 4.79 Å². The third kappa shape index (κ3) is 3.17. The molecule has 0 amide bonds. The number of rotatable bonds is 5. The van der Waals surface area contributed by atoms with Gasteiger partial charge in [0.25, 0.3) is 0 Å². The van der Waals surface area contributed by atoms with Gasteiger partial charge in [0.1, 0.15) is 0 Å². The van der Waals surface area contributed by atoms with Crippen molar-refractivity contribution in [2.24, 2.45) is 0 Å². The van der Waals surface area contributed by atoms with Crippen LogP contribution >= 0.6 is 0 Å². The molecule has 0 atom stereocenters. The number of hydrogen-bond donors (Lipinski definition) is 1. The number of aliphatic carboxylic acids is 1. The van der Waals surface area contributed by atoms with E-state index in [-0.39, 0.29) is 11.4 Å². The van der Waals surface area contributed by atoms with Crippen LogP contribution in [0.5, 0.6) is 0 Å². The summed E-state index contributed by atoms with van der Waals surface area (Å²) in [6.45, 7) is 8.47. The van der Waals surface area contributed by atoms with Crippen LogP contribution in [0, 0.1) is 0 Å². The minimum Gasteiger partial charge on any atom is -0.478 e. The van der Waals surface area contributed by atoms with E-state index in [0.29, 0.717) is 17.6 Å². The molecule has 0 saturated carbocycles. The molecule has 0 aliphatic heterocycles. The first kappa shape index (κ1) is 12.6. The smallest absolute Gasteiger partial charge is 0.331 e. The van der Waals surface area contributed by atoms with E-state index in [1.807, 2.05) is 6.92 Å². The average molecular weight is 196 g/mol. The Morgan fingerprint density at radius 3 is 2.07 bits per heavy atom. The molecule has 0 aliphatic carbocycles. The third-order valence-electron chi connectivity index (χ3n) is 1.94. The summed E-state index contributed by atoms with van der Waals surface area (Å²) in [6, 6.07) is 0. The molecule has 0 aromatic carbocycles. The van der Waals surface area contributed by atoms with Gasteiger partial charge in [-0.15, -0.1) is 0 Å². The van der Waals surface area contributed by atoms with E-state index in [4.69, 9.17) is 5.11 Å². The van der Waals surface area contributed by atoms with E-state index >= 15 is 0 Å². The van der Waals surface area contributed by atoms with Gasteiger partial charge >= 0.3 is 5.97 Å². The maximum Gasteiger partial charge on any atom is 0.331 e. The average Bonchev–Trinajstić information content (AvgIpc) is 2.11. The maximum atomic E-state index is 11.6. The van der Waals surface area contributed by atoms with Crippen molar-refractivity contribution in [1.82, 2.24) is 0 Å². The topological polar surface area (TPSA) is 54.4 Å². The van der Waals surface area contributed by atoms with Crippen LogP contribution in [-0.4, -0.2) is 16.9 Å². The van der Waals surface area contributed by atoms with E-state index in [0.717, 1.165) is 6.42 Å². The van der Waals surface area contributed by atoms with Gasteiger partial charge in [-0.1, -0.05) is 19.9 Å². The van der Waals surface area contributed by atoms with Crippen LogP contribution < -0.4 is 0 Å². The fraction of sp³-hybridized carbons (Fsp3) is 0.455. The monoisotopic (exact) mass is 196 g/mol. The van der Waals surface area contributed by atoms with E-state index < -0.39 is 5.97 Å². The molecule has 0 rings (SSSR count). The third-order valence-corrected chi connectivity index (χ3v) is 1.94. The number of ketones is 1. The van der Waals surface area contributed by atoms with Crippen molar-refractivity contribution in [3.8, 4) is 0 Å². The number of carbonyl (C=O) groups excluding carboxylic acids is 1. The van der Waals surface area contributed by atoms with Crippen LogP contribution in [0.4, 0.5) is 0 Å². The number of carboxylic acids is 1. The van der Waals surface area contributed by atoms with Crippen molar-refractivity contribution in [3.63, 3.8) is 0 Å². The lowest BCUT2D eigenvalue weighted by Gasteiger charge is -2.07. The zero-order valence-electron chi connectivity index (χ0n) is 8.89. The summed E-state index contributed by atoms with van der Waals surface area (Å²) in [5.74, 6) is -1.28. The van der Waals surface area contributed by atoms with Gasteiger partial charge in [0.05, 0.1) is 0 Å². The van der Waals surface area contributed by atoms with Crippen molar-refractivity contribution in [1.29, 1.82) is 0 Å². The second kappa shape index (κ2) is 5.37. The Balaban J connectivity index is 5.13. The van der Waals surface area contributed by atoms with E-state index in [1.165, 1.54) is 6.92 Å². The molecule has 0 unspecified atom stereocenters. The SMILES string of the molecule is C=C(C)C(=O)C(CCC)=C(C)C(=O)O. The van der Waals surface area contributed by atoms with Gasteiger partial charge in [-0.05, 0) is 25.8 Å². The normalized spacial score (nSPS) is 11.9. The number of Topliss-reactive ketones (excluding diaryl/α,β-unsaturated/α-hetero) is 1. The Kier molecular flexibility index (Phi) is 4.84. The number of allylic oxidation sites excluding steroid dienone is 2. The molecule has 3 heteroatoms. The Bertz CT molecular complexity index is 298. The van der Waals surface area contributed by atoms with Crippen LogP contribution in [0.1, 0.15) is 33.6 Å². The number of hydrogen-bond acceptors (Lipinski definition) is 2. The second-order valence-corrected chi connectivity index (χ2v) is 3.27. The fourth-order valence-corrected chi connectivity index (χ4v) is 1.11. The predicted octanol–water partition coefficient (Wildman–Crippen LogP) is 2.33. The molecular formula is C11H16O3. The Morgan fingerprint density at radius 2 is 1.79 bits per heavy atom. The van der Waals surface area contributed by atoms with Crippen LogP contribution in [-0.2, 0) is 9.59 Å². The van der Waals surface area contributed by atoms with Crippen molar-refractivity contribution in [2.45, 2.75) is 33.6 Å². The summed E-state index contributed by atoms with van der Waals surface area (Å²) in [5, 5.41) is 8.77. The van der Waals surface area contributed by atoms with Crippen LogP contribution in [0.15, 0.2) is 23.3 Å². The molecule has 0 aromatic heterocycles. The first-order valence-corrected chi connectivity index (χ1v) is 4.55. The molecule has 78 valence electrons. The van der Waals surface area contributed by atoms with Gasteiger partial charge in [-0.3, -0.25) is 4.79 Å². The van der Waals surface area contributed by atoms with Crippen LogP contribution in [0.3, 0.4) is 0 Å². The van der Waals surface area contributed by atoms with E-state index in [1.54, 1.807) is 6.92 Å². The summed E-state index contributed by atoms with van der Waals surface area (Å²) in [7, 11) is 0. The molecule has 1 N–H and O–H groups in total. The molecule has 3 nitrogen and oxygen atoms in total. The zero-order valence-corrected chi connectivity index (χ0v) is 8.89. The lowest BCUT2D eigenvalue weighted by molar-refractivity contribution is -0.133. The predicted molar refractivity (Wildman–Crippen MR) is 55.1 cm³/mol. The number of carbonyl (C=O) groups is 2. The lowest BCUT2D eigenvalue weighted by Crippen LogP contribution is -2.10. The highest BCUT2D eigenvalue weighted by Crippen LogP contribution is 2.16. The molecular weight excluding hydrogens is 180 g/mol. The molecule has 14 heavy (non-hydrogen) atoms. The summed E-state index contributed by atoms with van der Waals surface area (Å²) in [4.78, 5) is 22.3. The van der Waals surface area contributed by atoms with Crippen molar-refractivity contribution in [3.05, 3.63) is 23.3 Å². The van der Waals surface area contributed by atoms with Crippen LogP contribution in [0.25, 0.3) is 0 Å². The molecule has 0 heterocycles. The molecule has 0 bridgehead atoms. The summed E-state index contributed by atoms with van der Waals surface area (Å²) < 4.78 is 0. The zero-order chi connectivity index (χ0) is 11.3. The first-order valence-electron chi connectivity index (χ1n) is 4.55. The fourth-order valence-electron chi connectivity index (χ4n) is 1.11. The minimum atomic E-state index is -1.04. The number of carboxylic acid groups (broad SMARTS) is 1. The molecule has 0 saturated heterocycles. The van der Waals surface area contributed by atoms with Gasteiger partial charge in [0.2, 0.25) is 0 Å². The largest absolute Gasteiger partial charge is 0.478 e. The molecule has 0 aliphatic rings. The summed E-state index contributed by atoms with van der Waals surface area (Å²) in [5.41, 5.74) is 0.876. The Hall–Kier alpha value is -1.38. The van der Waals surface area contributed by atoms with Crippen LogP contribution in [0.2, 0.25) is 0 Å².